The molecular weight excluding hydrogens is 236 g/mol. The molecule has 94 valence electrons. The molecule has 0 amide bonds. The van der Waals surface area contributed by atoms with Crippen LogP contribution >= 0.6 is 11.6 Å². The standard InChI is InChI=1S/C13H19ClN2O/c14-13-9-15-6-5-11(13)10-16(7-2-8-17)12-3-1-4-12/h5-6,9,12,17H,1-4,7-8,10H2. The molecule has 0 unspecified atom stereocenters. The lowest BCUT2D eigenvalue weighted by atomic mass is 9.91. The molecule has 0 spiro atoms. The molecule has 1 heterocycles. The van der Waals surface area contributed by atoms with Crippen LogP contribution in [0, 0.1) is 0 Å². The summed E-state index contributed by atoms with van der Waals surface area (Å²) in [5.74, 6) is 0. The zero-order valence-corrected chi connectivity index (χ0v) is 10.7. The number of hydrogen-bond acceptors (Lipinski definition) is 3. The van der Waals surface area contributed by atoms with Crippen LogP contribution in [0.3, 0.4) is 0 Å². The lowest BCUT2D eigenvalue weighted by Crippen LogP contribution is -2.40. The SMILES string of the molecule is OCCCN(Cc1ccncc1Cl)C1CCC1. The van der Waals surface area contributed by atoms with Crippen molar-refractivity contribution in [3.05, 3.63) is 29.0 Å². The van der Waals surface area contributed by atoms with E-state index in [-0.39, 0.29) is 6.61 Å². The third-order valence-corrected chi connectivity index (χ3v) is 3.76. The molecule has 0 saturated heterocycles. The molecule has 1 N–H and O–H groups in total. The highest BCUT2D eigenvalue weighted by atomic mass is 35.5. The van der Waals surface area contributed by atoms with Gasteiger partial charge in [-0.05, 0) is 30.9 Å². The number of hydrogen-bond donors (Lipinski definition) is 1. The zero-order chi connectivity index (χ0) is 12.1. The van der Waals surface area contributed by atoms with Crippen LogP contribution in [-0.2, 0) is 6.54 Å². The van der Waals surface area contributed by atoms with Crippen LogP contribution in [-0.4, -0.2) is 34.2 Å². The average molecular weight is 255 g/mol. The molecule has 1 aliphatic carbocycles. The molecule has 0 aromatic carbocycles. The summed E-state index contributed by atoms with van der Waals surface area (Å²) in [7, 11) is 0. The molecule has 4 heteroatoms. The van der Waals surface area contributed by atoms with E-state index in [9.17, 15) is 0 Å². The number of pyridine rings is 1. The van der Waals surface area contributed by atoms with E-state index in [0.29, 0.717) is 6.04 Å². The smallest absolute Gasteiger partial charge is 0.0634 e. The van der Waals surface area contributed by atoms with Crippen molar-refractivity contribution >= 4 is 11.6 Å². The fourth-order valence-electron chi connectivity index (χ4n) is 2.17. The van der Waals surface area contributed by atoms with E-state index in [1.54, 1.807) is 12.4 Å². The lowest BCUT2D eigenvalue weighted by Gasteiger charge is -2.37. The monoisotopic (exact) mass is 254 g/mol. The minimum atomic E-state index is 0.257. The van der Waals surface area contributed by atoms with Gasteiger partial charge >= 0.3 is 0 Å². The first kappa shape index (κ1) is 12.8. The van der Waals surface area contributed by atoms with Crippen molar-refractivity contribution in [1.29, 1.82) is 0 Å². The molecular formula is C13H19ClN2O. The van der Waals surface area contributed by atoms with Gasteiger partial charge in [-0.15, -0.1) is 0 Å². The normalized spacial score (nSPS) is 16.2. The second-order valence-electron chi connectivity index (χ2n) is 4.60. The average Bonchev–Trinajstić information content (AvgIpc) is 2.26. The van der Waals surface area contributed by atoms with Crippen molar-refractivity contribution in [2.45, 2.75) is 38.3 Å². The van der Waals surface area contributed by atoms with Crippen LogP contribution in [0.15, 0.2) is 18.5 Å². The van der Waals surface area contributed by atoms with Crippen molar-refractivity contribution < 1.29 is 5.11 Å². The Bertz CT molecular complexity index is 355. The topological polar surface area (TPSA) is 36.4 Å². The van der Waals surface area contributed by atoms with E-state index in [1.807, 2.05) is 6.07 Å². The minimum absolute atomic E-state index is 0.257. The summed E-state index contributed by atoms with van der Waals surface area (Å²) >= 11 is 6.13. The number of halogens is 1. The summed E-state index contributed by atoms with van der Waals surface area (Å²) in [5.41, 5.74) is 1.13. The predicted octanol–water partition coefficient (Wildman–Crippen LogP) is 2.47. The van der Waals surface area contributed by atoms with E-state index in [2.05, 4.69) is 9.88 Å². The molecule has 1 aliphatic rings. The fraction of sp³-hybridized carbons (Fsp3) is 0.615. The van der Waals surface area contributed by atoms with Crippen LogP contribution in [0.4, 0.5) is 0 Å². The Kier molecular flexibility index (Phi) is 4.77. The van der Waals surface area contributed by atoms with Crippen LogP contribution < -0.4 is 0 Å². The molecule has 0 bridgehead atoms. The van der Waals surface area contributed by atoms with Crippen LogP contribution in [0.25, 0.3) is 0 Å². The van der Waals surface area contributed by atoms with E-state index in [0.717, 1.165) is 30.1 Å². The van der Waals surface area contributed by atoms with Gasteiger partial charge in [0, 0.05) is 38.1 Å². The quantitative estimate of drug-likeness (QED) is 0.847. The molecule has 3 nitrogen and oxygen atoms in total. The van der Waals surface area contributed by atoms with E-state index < -0.39 is 0 Å². The van der Waals surface area contributed by atoms with Gasteiger partial charge in [0.1, 0.15) is 0 Å². The Morgan fingerprint density at radius 1 is 1.47 bits per heavy atom. The highest BCUT2D eigenvalue weighted by Crippen LogP contribution is 2.27. The van der Waals surface area contributed by atoms with Gasteiger partial charge in [0.25, 0.3) is 0 Å². The summed E-state index contributed by atoms with van der Waals surface area (Å²) in [4.78, 5) is 6.43. The molecule has 1 aromatic rings. The van der Waals surface area contributed by atoms with E-state index in [1.165, 1.54) is 19.3 Å². The van der Waals surface area contributed by atoms with Crippen molar-refractivity contribution in [3.63, 3.8) is 0 Å². The Morgan fingerprint density at radius 3 is 2.88 bits per heavy atom. The Hall–Kier alpha value is -0.640. The number of aromatic nitrogens is 1. The zero-order valence-electron chi connectivity index (χ0n) is 9.98. The lowest BCUT2D eigenvalue weighted by molar-refractivity contribution is 0.109. The molecule has 0 radical (unpaired) electrons. The van der Waals surface area contributed by atoms with Gasteiger partial charge in [-0.2, -0.15) is 0 Å². The van der Waals surface area contributed by atoms with E-state index in [4.69, 9.17) is 16.7 Å². The molecule has 1 fully saturated rings. The van der Waals surface area contributed by atoms with Crippen molar-refractivity contribution in [3.8, 4) is 0 Å². The Balaban J connectivity index is 1.98. The maximum absolute atomic E-state index is 8.95. The molecule has 17 heavy (non-hydrogen) atoms. The van der Waals surface area contributed by atoms with Gasteiger partial charge in [0.05, 0.1) is 5.02 Å². The maximum atomic E-state index is 8.95. The summed E-state index contributed by atoms with van der Waals surface area (Å²) in [6, 6.07) is 2.65. The molecule has 0 atom stereocenters. The van der Waals surface area contributed by atoms with Gasteiger partial charge < -0.3 is 5.11 Å². The van der Waals surface area contributed by atoms with Gasteiger partial charge in [-0.25, -0.2) is 0 Å². The number of nitrogens with zero attached hydrogens (tertiary/aromatic N) is 2. The first-order chi connectivity index (χ1) is 8.31. The summed E-state index contributed by atoms with van der Waals surface area (Å²) in [6.45, 7) is 2.07. The largest absolute Gasteiger partial charge is 0.396 e. The Morgan fingerprint density at radius 2 is 2.29 bits per heavy atom. The number of rotatable bonds is 6. The minimum Gasteiger partial charge on any atom is -0.396 e. The molecule has 1 saturated carbocycles. The second-order valence-corrected chi connectivity index (χ2v) is 5.01. The predicted molar refractivity (Wildman–Crippen MR) is 69.0 cm³/mol. The third-order valence-electron chi connectivity index (χ3n) is 3.42. The maximum Gasteiger partial charge on any atom is 0.0634 e. The summed E-state index contributed by atoms with van der Waals surface area (Å²) in [6.07, 6.45) is 8.18. The van der Waals surface area contributed by atoms with Crippen molar-refractivity contribution in [2.24, 2.45) is 0 Å². The van der Waals surface area contributed by atoms with Crippen molar-refractivity contribution in [2.75, 3.05) is 13.2 Å². The molecule has 1 aromatic heterocycles. The number of aliphatic hydroxyl groups excluding tert-OH is 1. The van der Waals surface area contributed by atoms with Gasteiger partial charge in [-0.1, -0.05) is 18.0 Å². The molecule has 2 rings (SSSR count). The van der Waals surface area contributed by atoms with Crippen LogP contribution in [0.2, 0.25) is 5.02 Å². The fourth-order valence-corrected chi connectivity index (χ4v) is 2.35. The highest BCUT2D eigenvalue weighted by molar-refractivity contribution is 6.31. The first-order valence-electron chi connectivity index (χ1n) is 6.24. The van der Waals surface area contributed by atoms with Gasteiger partial charge in [0.2, 0.25) is 0 Å². The number of aliphatic hydroxyl groups is 1. The van der Waals surface area contributed by atoms with E-state index >= 15 is 0 Å². The highest BCUT2D eigenvalue weighted by Gasteiger charge is 2.24. The second kappa shape index (κ2) is 6.34. The molecule has 0 aliphatic heterocycles. The van der Waals surface area contributed by atoms with Gasteiger partial charge in [0.15, 0.2) is 0 Å². The van der Waals surface area contributed by atoms with Crippen LogP contribution in [0.5, 0.6) is 0 Å². The van der Waals surface area contributed by atoms with Gasteiger partial charge in [-0.3, -0.25) is 9.88 Å². The van der Waals surface area contributed by atoms with Crippen LogP contribution in [0.1, 0.15) is 31.2 Å². The third kappa shape index (κ3) is 3.41. The summed E-state index contributed by atoms with van der Waals surface area (Å²) in [5, 5.41) is 9.68. The first-order valence-corrected chi connectivity index (χ1v) is 6.62. The Labute approximate surface area is 107 Å². The van der Waals surface area contributed by atoms with Crippen molar-refractivity contribution in [1.82, 2.24) is 9.88 Å². The summed E-state index contributed by atoms with van der Waals surface area (Å²) < 4.78 is 0.